The lowest BCUT2D eigenvalue weighted by molar-refractivity contribution is -0.150. The van der Waals surface area contributed by atoms with Gasteiger partial charge in [-0.25, -0.2) is 13.2 Å². The normalized spacial score (nSPS) is 26.8. The minimum absolute atomic E-state index is 0.00690. The number of nitrogens with zero attached hydrogens (tertiary/aromatic N) is 1. The summed E-state index contributed by atoms with van der Waals surface area (Å²) in [7, 11) is 1.56. The average molecular weight is 446 g/mol. The van der Waals surface area contributed by atoms with Crippen LogP contribution in [-0.2, 0) is 16.0 Å². The molecule has 2 bridgehead atoms. The van der Waals surface area contributed by atoms with Crippen molar-refractivity contribution < 1.29 is 22.7 Å². The molecule has 0 N–H and O–H groups in total. The number of amides is 1. The van der Waals surface area contributed by atoms with Crippen LogP contribution in [0.1, 0.15) is 56.8 Å². The number of methoxy groups -OCH3 is 1. The molecule has 2 fully saturated rings. The molecule has 0 radical (unpaired) electrons. The van der Waals surface area contributed by atoms with Crippen molar-refractivity contribution in [3.63, 3.8) is 0 Å². The molecule has 172 valence electrons. The molecule has 5 atom stereocenters. The van der Waals surface area contributed by atoms with Gasteiger partial charge in [-0.2, -0.15) is 0 Å². The van der Waals surface area contributed by atoms with Gasteiger partial charge in [0, 0.05) is 25.3 Å². The Morgan fingerprint density at radius 2 is 1.66 bits per heavy atom. The van der Waals surface area contributed by atoms with E-state index in [4.69, 9.17) is 4.74 Å². The lowest BCUT2D eigenvalue weighted by atomic mass is 9.66. The summed E-state index contributed by atoms with van der Waals surface area (Å²) in [5, 5.41) is 0. The number of carbonyl (C=O) groups is 1. The molecule has 4 rings (SSSR count). The minimum Gasteiger partial charge on any atom is -0.367 e. The van der Waals surface area contributed by atoms with E-state index in [0.29, 0.717) is 12.5 Å². The average Bonchev–Trinajstić information content (AvgIpc) is 3.05. The summed E-state index contributed by atoms with van der Waals surface area (Å²) in [6, 6.07) is 11.3. The van der Waals surface area contributed by atoms with Gasteiger partial charge in [0.25, 0.3) is 5.91 Å². The fraction of sp³-hybridized carbons (Fsp3) is 0.500. The molecular weight excluding hydrogens is 415 g/mol. The number of hydrogen-bond acceptors (Lipinski definition) is 2. The third-order valence-corrected chi connectivity index (χ3v) is 7.65. The van der Waals surface area contributed by atoms with Crippen LogP contribution in [0.3, 0.4) is 0 Å². The summed E-state index contributed by atoms with van der Waals surface area (Å²) in [6.45, 7) is 4.22. The molecule has 2 aromatic rings. The summed E-state index contributed by atoms with van der Waals surface area (Å²) in [5.74, 6) is -2.85. The highest BCUT2D eigenvalue weighted by atomic mass is 19.2. The zero-order chi connectivity index (χ0) is 23.0. The van der Waals surface area contributed by atoms with Crippen LogP contribution >= 0.6 is 0 Å². The van der Waals surface area contributed by atoms with Crippen LogP contribution < -0.4 is 0 Å². The van der Waals surface area contributed by atoms with Gasteiger partial charge in [-0.1, -0.05) is 44.2 Å². The number of ether oxygens (including phenoxy) is 1. The molecule has 0 saturated carbocycles. The smallest absolute Gasteiger partial charge is 0.256 e. The number of rotatable bonds is 6. The molecule has 0 aromatic heterocycles. The van der Waals surface area contributed by atoms with Crippen molar-refractivity contribution >= 4 is 5.91 Å². The first kappa shape index (κ1) is 22.8. The van der Waals surface area contributed by atoms with Crippen LogP contribution in [0.5, 0.6) is 0 Å². The van der Waals surface area contributed by atoms with Crippen LogP contribution in [0.2, 0.25) is 0 Å². The van der Waals surface area contributed by atoms with Crippen molar-refractivity contribution in [3.8, 4) is 0 Å². The van der Waals surface area contributed by atoms with Crippen molar-refractivity contribution in [2.24, 2.45) is 11.3 Å². The molecule has 2 saturated heterocycles. The predicted molar refractivity (Wildman–Crippen MR) is 116 cm³/mol. The molecule has 32 heavy (non-hydrogen) atoms. The molecular formula is C26H30F3NO2. The van der Waals surface area contributed by atoms with Gasteiger partial charge in [-0.05, 0) is 60.6 Å². The largest absolute Gasteiger partial charge is 0.367 e. The third kappa shape index (κ3) is 4.17. The minimum atomic E-state index is -1.17. The van der Waals surface area contributed by atoms with E-state index in [2.05, 4.69) is 6.92 Å². The zero-order valence-corrected chi connectivity index (χ0v) is 18.8. The van der Waals surface area contributed by atoms with E-state index in [1.165, 1.54) is 0 Å². The second-order valence-corrected chi connectivity index (χ2v) is 9.68. The molecule has 6 heteroatoms. The van der Waals surface area contributed by atoms with Crippen LogP contribution in [0.4, 0.5) is 13.2 Å². The van der Waals surface area contributed by atoms with Gasteiger partial charge in [0.15, 0.2) is 17.7 Å². The molecule has 2 aromatic carbocycles. The third-order valence-electron chi connectivity index (χ3n) is 7.65. The first-order valence-corrected chi connectivity index (χ1v) is 11.3. The number of carbonyl (C=O) groups excluding carboxylic acids is 1. The van der Waals surface area contributed by atoms with E-state index >= 15 is 0 Å². The molecule has 3 nitrogen and oxygen atoms in total. The standard InChI is InChI=1S/C26H30F3NO2/c1-16(11-18-12-22(28)23(29)13-21(18)27)26(2)14-19-9-10-20(15-26)30(19)25(31)24(32-3)17-7-5-4-6-8-17/h4-8,12-13,16,19-20,24H,9-11,14-15H2,1-3H3/t16?,19-,20+,24?,26?. The van der Waals surface area contributed by atoms with Crippen LogP contribution in [0, 0.1) is 28.8 Å². The fourth-order valence-electron chi connectivity index (χ4n) is 5.72. The number of fused-ring (bicyclic) bond motifs is 2. The summed E-state index contributed by atoms with van der Waals surface area (Å²) >= 11 is 0. The number of hydrogen-bond donors (Lipinski definition) is 0. The Balaban J connectivity index is 1.50. The number of benzene rings is 2. The topological polar surface area (TPSA) is 29.5 Å². The second kappa shape index (κ2) is 8.89. The van der Waals surface area contributed by atoms with E-state index in [-0.39, 0.29) is 34.9 Å². The van der Waals surface area contributed by atoms with Gasteiger partial charge in [-0.15, -0.1) is 0 Å². The summed E-state index contributed by atoms with van der Waals surface area (Å²) in [4.78, 5) is 15.5. The predicted octanol–water partition coefficient (Wildman–Crippen LogP) is 5.83. The molecule has 2 heterocycles. The molecule has 2 aliphatic rings. The second-order valence-electron chi connectivity index (χ2n) is 9.68. The molecule has 0 spiro atoms. The highest BCUT2D eigenvalue weighted by Crippen LogP contribution is 2.50. The van der Waals surface area contributed by atoms with Crippen LogP contribution in [-0.4, -0.2) is 30.0 Å². The lowest BCUT2D eigenvalue weighted by Crippen LogP contribution is -2.52. The van der Waals surface area contributed by atoms with E-state index in [1.807, 2.05) is 42.2 Å². The molecule has 2 aliphatic heterocycles. The van der Waals surface area contributed by atoms with Crippen molar-refractivity contribution in [3.05, 3.63) is 71.0 Å². The van der Waals surface area contributed by atoms with E-state index in [9.17, 15) is 18.0 Å². The zero-order valence-electron chi connectivity index (χ0n) is 18.8. The Kier molecular flexibility index (Phi) is 6.35. The Morgan fingerprint density at radius 3 is 2.25 bits per heavy atom. The SMILES string of the molecule is COC(C(=O)N1[C@@H]2CC[C@H]1CC(C)(C(C)Cc1cc(F)c(F)cc1F)C2)c1ccccc1. The quantitative estimate of drug-likeness (QED) is 0.524. The van der Waals surface area contributed by atoms with Crippen molar-refractivity contribution in [2.45, 2.75) is 64.1 Å². The first-order valence-electron chi connectivity index (χ1n) is 11.3. The van der Waals surface area contributed by atoms with Gasteiger partial charge in [0.05, 0.1) is 0 Å². The summed E-state index contributed by atoms with van der Waals surface area (Å²) in [6.07, 6.45) is 3.17. The monoisotopic (exact) mass is 445 g/mol. The van der Waals surface area contributed by atoms with E-state index < -0.39 is 23.6 Å². The lowest BCUT2D eigenvalue weighted by Gasteiger charge is -2.48. The van der Waals surface area contributed by atoms with Gasteiger partial charge >= 0.3 is 0 Å². The first-order chi connectivity index (χ1) is 15.2. The maximum atomic E-state index is 14.2. The Bertz CT molecular complexity index is 967. The van der Waals surface area contributed by atoms with Gasteiger partial charge < -0.3 is 9.64 Å². The maximum Gasteiger partial charge on any atom is 0.256 e. The fourth-order valence-corrected chi connectivity index (χ4v) is 5.72. The molecule has 3 unspecified atom stereocenters. The molecule has 0 aliphatic carbocycles. The van der Waals surface area contributed by atoms with E-state index in [1.54, 1.807) is 7.11 Å². The number of halogens is 3. The summed E-state index contributed by atoms with van der Waals surface area (Å²) < 4.78 is 46.8. The summed E-state index contributed by atoms with van der Waals surface area (Å²) in [5.41, 5.74) is 0.914. The highest BCUT2D eigenvalue weighted by molar-refractivity contribution is 5.83. The van der Waals surface area contributed by atoms with Crippen LogP contribution in [0.25, 0.3) is 0 Å². The van der Waals surface area contributed by atoms with E-state index in [0.717, 1.165) is 37.3 Å². The Morgan fingerprint density at radius 1 is 1.06 bits per heavy atom. The Labute approximate surface area is 187 Å². The van der Waals surface area contributed by atoms with Crippen molar-refractivity contribution in [1.82, 2.24) is 4.90 Å². The highest BCUT2D eigenvalue weighted by Gasteiger charge is 2.50. The van der Waals surface area contributed by atoms with Gasteiger partial charge in [0.2, 0.25) is 0 Å². The van der Waals surface area contributed by atoms with Gasteiger partial charge in [-0.3, -0.25) is 4.79 Å². The van der Waals surface area contributed by atoms with Gasteiger partial charge in [0.1, 0.15) is 5.82 Å². The number of piperidine rings is 1. The Hall–Kier alpha value is -2.34. The maximum absolute atomic E-state index is 14.2. The van der Waals surface area contributed by atoms with Crippen LogP contribution in [0.15, 0.2) is 42.5 Å². The molecule has 1 amide bonds. The van der Waals surface area contributed by atoms with Crippen molar-refractivity contribution in [1.29, 1.82) is 0 Å². The van der Waals surface area contributed by atoms with Crippen molar-refractivity contribution in [2.75, 3.05) is 7.11 Å².